The lowest BCUT2D eigenvalue weighted by Crippen LogP contribution is -2.34. The van der Waals surface area contributed by atoms with Crippen LogP contribution in [0.3, 0.4) is 0 Å². The number of aromatic nitrogens is 2. The number of hydrogen-bond donors (Lipinski definition) is 1. The van der Waals surface area contributed by atoms with Crippen LogP contribution in [0.5, 0.6) is 0 Å². The number of morpholine rings is 1. The van der Waals surface area contributed by atoms with Gasteiger partial charge in [0.2, 0.25) is 0 Å². The molecule has 102 valence electrons. The van der Waals surface area contributed by atoms with Crippen molar-refractivity contribution in [2.24, 2.45) is 0 Å². The minimum Gasteiger partial charge on any atom is -0.368 e. The first-order valence-corrected chi connectivity index (χ1v) is 6.78. The molecule has 0 bridgehead atoms. The lowest BCUT2D eigenvalue weighted by molar-refractivity contribution is 0.0202. The van der Waals surface area contributed by atoms with Crippen molar-refractivity contribution in [2.45, 2.75) is 26.0 Å². The minimum atomic E-state index is -0.266. The van der Waals surface area contributed by atoms with E-state index in [2.05, 4.69) is 21.8 Å². The van der Waals surface area contributed by atoms with E-state index in [0.29, 0.717) is 12.1 Å². The zero-order chi connectivity index (χ0) is 13.2. The molecular weight excluding hydrogens is 245 g/mol. The standard InChI is InChI=1S/C14H18FN3O/c1-2-7-18-11-5-3-4-10(15)13(11)17-14(18)12-9-16-6-8-19-12/h3-5,12,16H,2,6-9H2,1H3. The Bertz CT molecular complexity index is 575. The summed E-state index contributed by atoms with van der Waals surface area (Å²) >= 11 is 0. The summed E-state index contributed by atoms with van der Waals surface area (Å²) in [5, 5.41) is 3.29. The van der Waals surface area contributed by atoms with E-state index in [4.69, 9.17) is 4.74 Å². The molecule has 5 heteroatoms. The number of halogens is 1. The highest BCUT2D eigenvalue weighted by Gasteiger charge is 2.23. The molecule has 1 aromatic carbocycles. The molecule has 1 fully saturated rings. The van der Waals surface area contributed by atoms with Gasteiger partial charge in [0.1, 0.15) is 17.4 Å². The van der Waals surface area contributed by atoms with E-state index in [0.717, 1.165) is 37.4 Å². The first-order chi connectivity index (χ1) is 9.31. The van der Waals surface area contributed by atoms with Crippen LogP contribution in [0.4, 0.5) is 4.39 Å². The molecule has 0 saturated carbocycles. The second-order valence-corrected chi connectivity index (χ2v) is 4.79. The normalized spacial score (nSPS) is 20.0. The summed E-state index contributed by atoms with van der Waals surface area (Å²) in [6, 6.07) is 5.10. The highest BCUT2D eigenvalue weighted by molar-refractivity contribution is 5.76. The minimum absolute atomic E-state index is 0.0906. The van der Waals surface area contributed by atoms with Crippen molar-refractivity contribution in [1.82, 2.24) is 14.9 Å². The Morgan fingerprint density at radius 1 is 1.53 bits per heavy atom. The Balaban J connectivity index is 2.11. The molecule has 1 aromatic heterocycles. The third-order valence-corrected chi connectivity index (χ3v) is 3.42. The molecule has 1 aliphatic heterocycles. The maximum Gasteiger partial charge on any atom is 0.151 e. The van der Waals surface area contributed by atoms with Crippen molar-refractivity contribution >= 4 is 11.0 Å². The van der Waals surface area contributed by atoms with E-state index < -0.39 is 0 Å². The molecule has 1 saturated heterocycles. The lowest BCUT2D eigenvalue weighted by Gasteiger charge is -2.23. The Morgan fingerprint density at radius 3 is 3.16 bits per heavy atom. The van der Waals surface area contributed by atoms with Crippen LogP contribution >= 0.6 is 0 Å². The summed E-state index contributed by atoms with van der Waals surface area (Å²) < 4.78 is 21.7. The number of fused-ring (bicyclic) bond motifs is 1. The monoisotopic (exact) mass is 263 g/mol. The summed E-state index contributed by atoms with van der Waals surface area (Å²) in [6.07, 6.45) is 0.891. The van der Waals surface area contributed by atoms with E-state index >= 15 is 0 Å². The van der Waals surface area contributed by atoms with Crippen LogP contribution in [0, 0.1) is 5.82 Å². The lowest BCUT2D eigenvalue weighted by atomic mass is 10.2. The van der Waals surface area contributed by atoms with Crippen LogP contribution in [0.2, 0.25) is 0 Å². The topological polar surface area (TPSA) is 39.1 Å². The van der Waals surface area contributed by atoms with Crippen LogP contribution in [0.1, 0.15) is 25.3 Å². The quantitative estimate of drug-likeness (QED) is 0.923. The van der Waals surface area contributed by atoms with Crippen LogP contribution in [0.25, 0.3) is 11.0 Å². The van der Waals surface area contributed by atoms with Gasteiger partial charge >= 0.3 is 0 Å². The number of benzene rings is 1. The zero-order valence-electron chi connectivity index (χ0n) is 11.0. The molecule has 1 atom stereocenters. The molecule has 0 aliphatic carbocycles. The van der Waals surface area contributed by atoms with Crippen molar-refractivity contribution in [3.63, 3.8) is 0 Å². The zero-order valence-corrected chi connectivity index (χ0v) is 11.0. The van der Waals surface area contributed by atoms with E-state index in [9.17, 15) is 4.39 Å². The van der Waals surface area contributed by atoms with Crippen molar-refractivity contribution in [3.8, 4) is 0 Å². The summed E-state index contributed by atoms with van der Waals surface area (Å²) in [5.74, 6) is 0.562. The average molecular weight is 263 g/mol. The van der Waals surface area contributed by atoms with Crippen molar-refractivity contribution in [2.75, 3.05) is 19.7 Å². The SMILES string of the molecule is CCCn1c(C2CNCCO2)nc2c(F)cccc21. The maximum atomic E-state index is 13.9. The van der Waals surface area contributed by atoms with Gasteiger partial charge in [0.25, 0.3) is 0 Å². The Hall–Kier alpha value is -1.46. The molecule has 0 amide bonds. The molecule has 19 heavy (non-hydrogen) atoms. The van der Waals surface area contributed by atoms with Crippen molar-refractivity contribution in [1.29, 1.82) is 0 Å². The largest absolute Gasteiger partial charge is 0.368 e. The van der Waals surface area contributed by atoms with E-state index in [-0.39, 0.29) is 11.9 Å². The Labute approximate surface area is 111 Å². The van der Waals surface area contributed by atoms with Gasteiger partial charge in [0.05, 0.1) is 12.1 Å². The predicted molar refractivity (Wildman–Crippen MR) is 71.5 cm³/mol. The highest BCUT2D eigenvalue weighted by Crippen LogP contribution is 2.25. The fourth-order valence-corrected chi connectivity index (χ4v) is 2.57. The van der Waals surface area contributed by atoms with E-state index in [1.54, 1.807) is 6.07 Å². The number of hydrogen-bond acceptors (Lipinski definition) is 3. The molecule has 1 N–H and O–H groups in total. The van der Waals surface area contributed by atoms with E-state index in [1.165, 1.54) is 6.07 Å². The number of aryl methyl sites for hydroxylation is 1. The average Bonchev–Trinajstić information content (AvgIpc) is 2.81. The third-order valence-electron chi connectivity index (χ3n) is 3.42. The molecule has 2 heterocycles. The molecule has 3 rings (SSSR count). The van der Waals surface area contributed by atoms with Gasteiger partial charge < -0.3 is 14.6 Å². The first kappa shape index (κ1) is 12.6. The summed E-state index contributed by atoms with van der Waals surface area (Å²) in [4.78, 5) is 4.48. The van der Waals surface area contributed by atoms with Crippen molar-refractivity contribution < 1.29 is 9.13 Å². The maximum absolute atomic E-state index is 13.9. The smallest absolute Gasteiger partial charge is 0.151 e. The molecule has 2 aromatic rings. The number of imidazole rings is 1. The van der Waals surface area contributed by atoms with Gasteiger partial charge in [-0.2, -0.15) is 0 Å². The van der Waals surface area contributed by atoms with Gasteiger partial charge in [-0.25, -0.2) is 9.37 Å². The molecule has 1 unspecified atom stereocenters. The second kappa shape index (κ2) is 5.27. The summed E-state index contributed by atoms with van der Waals surface area (Å²) in [7, 11) is 0. The van der Waals surface area contributed by atoms with E-state index in [1.807, 2.05) is 6.07 Å². The molecule has 0 radical (unpaired) electrons. The number of rotatable bonds is 3. The highest BCUT2D eigenvalue weighted by atomic mass is 19.1. The number of nitrogens with one attached hydrogen (secondary N) is 1. The van der Waals surface area contributed by atoms with Gasteiger partial charge in [0, 0.05) is 19.6 Å². The second-order valence-electron chi connectivity index (χ2n) is 4.79. The number of para-hydroxylation sites is 1. The van der Waals surface area contributed by atoms with Crippen LogP contribution in [-0.2, 0) is 11.3 Å². The Kier molecular flexibility index (Phi) is 3.48. The third kappa shape index (κ3) is 2.24. The fraction of sp³-hybridized carbons (Fsp3) is 0.500. The van der Waals surface area contributed by atoms with Gasteiger partial charge in [-0.3, -0.25) is 0 Å². The first-order valence-electron chi connectivity index (χ1n) is 6.78. The van der Waals surface area contributed by atoms with Crippen LogP contribution < -0.4 is 5.32 Å². The van der Waals surface area contributed by atoms with Gasteiger partial charge in [0.15, 0.2) is 5.82 Å². The van der Waals surface area contributed by atoms with Gasteiger partial charge in [-0.05, 0) is 18.6 Å². The fourth-order valence-electron chi connectivity index (χ4n) is 2.57. The predicted octanol–water partition coefficient (Wildman–Crippen LogP) is 2.25. The van der Waals surface area contributed by atoms with Crippen molar-refractivity contribution in [3.05, 3.63) is 29.8 Å². The molecular formula is C14H18FN3O. The summed E-state index contributed by atoms with van der Waals surface area (Å²) in [5.41, 5.74) is 1.30. The van der Waals surface area contributed by atoms with Gasteiger partial charge in [-0.1, -0.05) is 13.0 Å². The van der Waals surface area contributed by atoms with Crippen LogP contribution in [0.15, 0.2) is 18.2 Å². The molecule has 0 spiro atoms. The molecule has 4 nitrogen and oxygen atoms in total. The Morgan fingerprint density at radius 2 is 2.42 bits per heavy atom. The summed E-state index contributed by atoms with van der Waals surface area (Å²) in [6.45, 7) is 5.19. The number of nitrogens with zero attached hydrogens (tertiary/aromatic N) is 2. The molecule has 1 aliphatic rings. The van der Waals surface area contributed by atoms with Gasteiger partial charge in [-0.15, -0.1) is 0 Å². The number of ether oxygens (including phenoxy) is 1. The van der Waals surface area contributed by atoms with Crippen LogP contribution in [-0.4, -0.2) is 29.2 Å².